The summed E-state index contributed by atoms with van der Waals surface area (Å²) >= 11 is 0. The van der Waals surface area contributed by atoms with Gasteiger partial charge in [-0.05, 0) is 40.5 Å². The maximum Gasteiger partial charge on any atom is 0.328 e. The fourth-order valence-corrected chi connectivity index (χ4v) is 2.55. The van der Waals surface area contributed by atoms with Gasteiger partial charge in [0.1, 0.15) is 12.1 Å². The third-order valence-corrected chi connectivity index (χ3v) is 3.70. The van der Waals surface area contributed by atoms with Crippen LogP contribution in [0.4, 0.5) is 0 Å². The molecule has 0 aliphatic carbocycles. The van der Waals surface area contributed by atoms with Crippen LogP contribution in [0.3, 0.4) is 0 Å². The number of hydrogen-bond donors (Lipinski definition) is 3. The van der Waals surface area contributed by atoms with Crippen molar-refractivity contribution in [1.82, 2.24) is 20.9 Å². The lowest BCUT2D eigenvalue weighted by molar-refractivity contribution is -0.152. The number of rotatable bonds is 6. The number of nitrogens with zero attached hydrogens (tertiary/aromatic N) is 2. The number of likely N-dealkylation sites (tertiary alicyclic amines) is 1. The zero-order chi connectivity index (χ0) is 18.9. The number of piperidine rings is 1. The number of hydrogen-bond acceptors (Lipinski definition) is 5. The first kappa shape index (κ1) is 21.2. The largest absolute Gasteiger partial charge is 0.459 e. The van der Waals surface area contributed by atoms with Crippen molar-refractivity contribution in [2.24, 2.45) is 4.99 Å². The van der Waals surface area contributed by atoms with Gasteiger partial charge < -0.3 is 20.7 Å². The monoisotopic (exact) mass is 355 g/mol. The summed E-state index contributed by atoms with van der Waals surface area (Å²) in [6.07, 6.45) is 1.85. The lowest BCUT2D eigenvalue weighted by atomic mass is 10.1. The Hall–Kier alpha value is -1.83. The predicted molar refractivity (Wildman–Crippen MR) is 98.5 cm³/mol. The minimum atomic E-state index is -0.504. The molecule has 8 heteroatoms. The normalized spacial score (nSPS) is 17.1. The number of esters is 1. The molecular weight excluding hydrogens is 322 g/mol. The molecule has 1 aliphatic heterocycles. The van der Waals surface area contributed by atoms with Crippen LogP contribution < -0.4 is 16.0 Å². The Balaban J connectivity index is 2.46. The zero-order valence-electron chi connectivity index (χ0n) is 16.1. The number of aliphatic imine (C=N–C) groups is 1. The van der Waals surface area contributed by atoms with Crippen LogP contribution in [0.1, 0.15) is 40.5 Å². The van der Waals surface area contributed by atoms with E-state index in [-0.39, 0.29) is 24.5 Å². The summed E-state index contributed by atoms with van der Waals surface area (Å²) in [6, 6.07) is 0.275. The Bertz CT molecular complexity index is 465. The topological polar surface area (TPSA) is 95.1 Å². The molecule has 1 amide bonds. The molecule has 0 radical (unpaired) electrons. The molecule has 0 saturated carbocycles. The van der Waals surface area contributed by atoms with Crippen molar-refractivity contribution >= 4 is 17.8 Å². The zero-order valence-corrected chi connectivity index (χ0v) is 16.1. The summed E-state index contributed by atoms with van der Waals surface area (Å²) in [5.74, 6) is 0.321. The molecule has 1 fully saturated rings. The van der Waals surface area contributed by atoms with Gasteiger partial charge in [0, 0.05) is 32.7 Å². The van der Waals surface area contributed by atoms with Gasteiger partial charge >= 0.3 is 5.97 Å². The molecule has 1 heterocycles. The average Bonchev–Trinajstić information content (AvgIpc) is 2.53. The molecule has 0 spiro atoms. The molecule has 0 aromatic rings. The van der Waals surface area contributed by atoms with Gasteiger partial charge in [0.2, 0.25) is 5.91 Å². The maximum atomic E-state index is 11.8. The van der Waals surface area contributed by atoms with Crippen molar-refractivity contribution in [3.8, 4) is 0 Å². The van der Waals surface area contributed by atoms with Gasteiger partial charge in [-0.1, -0.05) is 0 Å². The van der Waals surface area contributed by atoms with Crippen LogP contribution >= 0.6 is 0 Å². The number of carbonyl (C=O) groups excluding carboxylic acids is 2. The van der Waals surface area contributed by atoms with Crippen molar-refractivity contribution in [3.63, 3.8) is 0 Å². The second-order valence-electron chi connectivity index (χ2n) is 7.15. The quantitative estimate of drug-likeness (QED) is 0.355. The molecule has 0 bridgehead atoms. The van der Waals surface area contributed by atoms with E-state index < -0.39 is 5.60 Å². The SMILES string of the molecule is CCNC(=NCC(=O)OC(C)(C)C)NC1CCN(CC(=O)NC)CC1. The van der Waals surface area contributed by atoms with Gasteiger partial charge in [0.25, 0.3) is 0 Å². The number of ether oxygens (including phenoxy) is 1. The Morgan fingerprint density at radius 3 is 2.40 bits per heavy atom. The molecule has 0 unspecified atom stereocenters. The summed E-state index contributed by atoms with van der Waals surface area (Å²) in [7, 11) is 1.65. The van der Waals surface area contributed by atoms with Crippen LogP contribution in [-0.2, 0) is 14.3 Å². The molecule has 8 nitrogen and oxygen atoms in total. The number of likely N-dealkylation sites (N-methyl/N-ethyl adjacent to an activating group) is 1. The standard InChI is InChI=1S/C17H33N5O3/c1-6-19-16(20-11-15(24)25-17(2,3)4)21-13-7-9-22(10-8-13)12-14(23)18-5/h13H,6-12H2,1-5H3,(H,18,23)(H2,19,20,21). The second kappa shape index (κ2) is 10.2. The van der Waals surface area contributed by atoms with E-state index in [1.54, 1.807) is 7.05 Å². The van der Waals surface area contributed by atoms with E-state index in [4.69, 9.17) is 4.74 Å². The fourth-order valence-electron chi connectivity index (χ4n) is 2.55. The smallest absolute Gasteiger partial charge is 0.328 e. The molecule has 144 valence electrons. The number of guanidine groups is 1. The van der Waals surface area contributed by atoms with Gasteiger partial charge in [-0.25, -0.2) is 4.99 Å². The Labute approximate surface area is 150 Å². The third-order valence-electron chi connectivity index (χ3n) is 3.70. The highest BCUT2D eigenvalue weighted by Crippen LogP contribution is 2.10. The first-order valence-corrected chi connectivity index (χ1v) is 8.93. The lowest BCUT2D eigenvalue weighted by Crippen LogP contribution is -2.50. The van der Waals surface area contributed by atoms with Gasteiger partial charge in [-0.15, -0.1) is 0 Å². The second-order valence-corrected chi connectivity index (χ2v) is 7.15. The summed E-state index contributed by atoms with van der Waals surface area (Å²) in [6.45, 7) is 10.4. The predicted octanol–water partition coefficient (Wildman–Crippen LogP) is 0.0936. The van der Waals surface area contributed by atoms with Crippen LogP contribution in [0.15, 0.2) is 4.99 Å². The van der Waals surface area contributed by atoms with E-state index in [0.717, 1.165) is 32.5 Å². The van der Waals surface area contributed by atoms with E-state index in [2.05, 4.69) is 25.8 Å². The highest BCUT2D eigenvalue weighted by Gasteiger charge is 2.21. The summed E-state index contributed by atoms with van der Waals surface area (Å²) in [5, 5.41) is 9.17. The molecule has 25 heavy (non-hydrogen) atoms. The van der Waals surface area contributed by atoms with Gasteiger partial charge in [0.15, 0.2) is 5.96 Å². The molecule has 1 rings (SSSR count). The van der Waals surface area contributed by atoms with Crippen LogP contribution in [0.2, 0.25) is 0 Å². The van der Waals surface area contributed by atoms with E-state index in [9.17, 15) is 9.59 Å². The minimum Gasteiger partial charge on any atom is -0.459 e. The molecule has 0 aromatic carbocycles. The summed E-state index contributed by atoms with van der Waals surface area (Å²) in [4.78, 5) is 29.7. The first-order chi connectivity index (χ1) is 11.7. The highest BCUT2D eigenvalue weighted by atomic mass is 16.6. The van der Waals surface area contributed by atoms with Crippen LogP contribution in [-0.4, -0.2) is 74.2 Å². The molecule has 1 aliphatic rings. The fraction of sp³-hybridized carbons (Fsp3) is 0.824. The van der Waals surface area contributed by atoms with Crippen molar-refractivity contribution in [2.75, 3.05) is 39.8 Å². The molecule has 0 aromatic heterocycles. The Kier molecular flexibility index (Phi) is 8.68. The summed E-state index contributed by atoms with van der Waals surface area (Å²) < 4.78 is 5.27. The van der Waals surface area contributed by atoms with E-state index in [1.807, 2.05) is 27.7 Å². The van der Waals surface area contributed by atoms with Crippen molar-refractivity contribution in [1.29, 1.82) is 0 Å². The van der Waals surface area contributed by atoms with Crippen LogP contribution in [0, 0.1) is 0 Å². The third kappa shape index (κ3) is 9.28. The van der Waals surface area contributed by atoms with E-state index in [0.29, 0.717) is 12.5 Å². The van der Waals surface area contributed by atoms with Crippen molar-refractivity contribution in [2.45, 2.75) is 52.2 Å². The Morgan fingerprint density at radius 1 is 1.24 bits per heavy atom. The summed E-state index contributed by atoms with van der Waals surface area (Å²) in [5.41, 5.74) is -0.504. The molecule has 1 saturated heterocycles. The lowest BCUT2D eigenvalue weighted by Gasteiger charge is -2.32. The highest BCUT2D eigenvalue weighted by molar-refractivity contribution is 5.83. The van der Waals surface area contributed by atoms with Crippen molar-refractivity contribution in [3.05, 3.63) is 0 Å². The van der Waals surface area contributed by atoms with Gasteiger partial charge in [0.05, 0.1) is 6.54 Å². The minimum absolute atomic E-state index is 0.0118. The first-order valence-electron chi connectivity index (χ1n) is 8.93. The number of carbonyl (C=O) groups is 2. The van der Waals surface area contributed by atoms with Crippen LogP contribution in [0.25, 0.3) is 0 Å². The number of amides is 1. The molecule has 3 N–H and O–H groups in total. The van der Waals surface area contributed by atoms with Crippen molar-refractivity contribution < 1.29 is 14.3 Å². The average molecular weight is 355 g/mol. The van der Waals surface area contributed by atoms with Gasteiger partial charge in [-0.2, -0.15) is 0 Å². The van der Waals surface area contributed by atoms with E-state index >= 15 is 0 Å². The molecular formula is C17H33N5O3. The molecule has 0 atom stereocenters. The van der Waals surface area contributed by atoms with Gasteiger partial charge in [-0.3, -0.25) is 14.5 Å². The Morgan fingerprint density at radius 2 is 1.88 bits per heavy atom. The van der Waals surface area contributed by atoms with E-state index in [1.165, 1.54) is 0 Å². The maximum absolute atomic E-state index is 11.8. The van der Waals surface area contributed by atoms with Crippen LogP contribution in [0.5, 0.6) is 0 Å². The number of nitrogens with one attached hydrogen (secondary N) is 3.